The van der Waals surface area contributed by atoms with E-state index in [9.17, 15) is 4.79 Å². The molecule has 0 fully saturated rings. The molecule has 5 N–H and O–H groups in total. The largest absolute Gasteiger partial charge is 0.370 e. The maximum atomic E-state index is 11.9. The fourth-order valence-electron chi connectivity index (χ4n) is 3.23. The number of hydrogen-bond acceptors (Lipinski definition) is 2. The SMILES string of the molecule is CCCCCCCCCCCCCCCC(=O)NC(CCC)NC(=N)N. The monoisotopic (exact) mass is 368 g/mol. The summed E-state index contributed by atoms with van der Waals surface area (Å²) in [4.78, 5) is 11.9. The highest BCUT2D eigenvalue weighted by molar-refractivity contribution is 5.78. The van der Waals surface area contributed by atoms with E-state index < -0.39 is 0 Å². The molecular formula is C21H44N4O. The molecule has 1 amide bonds. The second kappa shape index (κ2) is 18.5. The van der Waals surface area contributed by atoms with Gasteiger partial charge in [0.05, 0.1) is 0 Å². The van der Waals surface area contributed by atoms with E-state index in [4.69, 9.17) is 11.1 Å². The predicted molar refractivity (Wildman–Crippen MR) is 112 cm³/mol. The van der Waals surface area contributed by atoms with E-state index >= 15 is 0 Å². The number of carbonyl (C=O) groups excluding carboxylic acids is 1. The third kappa shape index (κ3) is 17.6. The zero-order valence-corrected chi connectivity index (χ0v) is 17.4. The van der Waals surface area contributed by atoms with E-state index in [2.05, 4.69) is 17.6 Å². The summed E-state index contributed by atoms with van der Waals surface area (Å²) in [6.45, 7) is 4.31. The summed E-state index contributed by atoms with van der Waals surface area (Å²) in [5.74, 6) is -0.0371. The Morgan fingerprint density at radius 1 is 0.769 bits per heavy atom. The van der Waals surface area contributed by atoms with Crippen LogP contribution >= 0.6 is 0 Å². The van der Waals surface area contributed by atoms with E-state index in [0.29, 0.717) is 6.42 Å². The number of nitrogens with one attached hydrogen (secondary N) is 3. The third-order valence-electron chi connectivity index (χ3n) is 4.75. The van der Waals surface area contributed by atoms with Gasteiger partial charge in [-0.15, -0.1) is 0 Å². The second-order valence-electron chi connectivity index (χ2n) is 7.46. The van der Waals surface area contributed by atoms with Crippen molar-refractivity contribution in [2.24, 2.45) is 5.73 Å². The lowest BCUT2D eigenvalue weighted by Gasteiger charge is -2.19. The van der Waals surface area contributed by atoms with E-state index in [0.717, 1.165) is 25.7 Å². The average Bonchev–Trinajstić information content (AvgIpc) is 2.58. The summed E-state index contributed by atoms with van der Waals surface area (Å²) >= 11 is 0. The maximum absolute atomic E-state index is 11.9. The summed E-state index contributed by atoms with van der Waals surface area (Å²) in [5.41, 5.74) is 5.35. The highest BCUT2D eigenvalue weighted by atomic mass is 16.1. The van der Waals surface area contributed by atoms with E-state index in [-0.39, 0.29) is 18.0 Å². The molecule has 5 nitrogen and oxygen atoms in total. The van der Waals surface area contributed by atoms with E-state index in [1.807, 2.05) is 6.92 Å². The van der Waals surface area contributed by atoms with Crippen LogP contribution in [-0.2, 0) is 4.79 Å². The molecule has 0 aliphatic rings. The normalized spacial score (nSPS) is 11.9. The van der Waals surface area contributed by atoms with Crippen molar-refractivity contribution in [1.29, 1.82) is 5.41 Å². The zero-order valence-electron chi connectivity index (χ0n) is 17.4. The lowest BCUT2D eigenvalue weighted by Crippen LogP contribution is -2.49. The highest BCUT2D eigenvalue weighted by Gasteiger charge is 2.11. The van der Waals surface area contributed by atoms with Crippen LogP contribution in [0.2, 0.25) is 0 Å². The lowest BCUT2D eigenvalue weighted by atomic mass is 10.0. The van der Waals surface area contributed by atoms with Gasteiger partial charge in [0.25, 0.3) is 0 Å². The molecule has 1 unspecified atom stereocenters. The number of unbranched alkanes of at least 4 members (excludes halogenated alkanes) is 12. The molecule has 0 aliphatic carbocycles. The van der Waals surface area contributed by atoms with Crippen LogP contribution in [0.4, 0.5) is 0 Å². The predicted octanol–water partition coefficient (Wildman–Crippen LogP) is 5.19. The van der Waals surface area contributed by atoms with Crippen molar-refractivity contribution < 1.29 is 4.79 Å². The van der Waals surface area contributed by atoms with Crippen molar-refractivity contribution in [1.82, 2.24) is 10.6 Å². The van der Waals surface area contributed by atoms with Crippen LogP contribution < -0.4 is 16.4 Å². The summed E-state index contributed by atoms with van der Waals surface area (Å²) < 4.78 is 0. The standard InChI is InChI=1S/C21H44N4O/c1-3-5-6-7-8-9-10-11-12-13-14-15-16-18-20(26)24-19(17-4-2)25-21(22)23/h19H,3-18H2,1-2H3,(H,24,26)(H4,22,23,25). The average molecular weight is 369 g/mol. The molecule has 0 saturated carbocycles. The molecule has 0 bridgehead atoms. The molecule has 0 aromatic rings. The van der Waals surface area contributed by atoms with Crippen molar-refractivity contribution in [2.75, 3.05) is 0 Å². The highest BCUT2D eigenvalue weighted by Crippen LogP contribution is 2.12. The molecule has 1 atom stereocenters. The molecule has 26 heavy (non-hydrogen) atoms. The van der Waals surface area contributed by atoms with Gasteiger partial charge in [0.15, 0.2) is 5.96 Å². The summed E-state index contributed by atoms with van der Waals surface area (Å²) in [6.07, 6.45) is 19.1. The maximum Gasteiger partial charge on any atom is 0.221 e. The Labute approximate surface area is 161 Å². The van der Waals surface area contributed by atoms with Gasteiger partial charge in [-0.25, -0.2) is 0 Å². The van der Waals surface area contributed by atoms with Gasteiger partial charge in [0, 0.05) is 6.42 Å². The topological polar surface area (TPSA) is 91.0 Å². The van der Waals surface area contributed by atoms with Gasteiger partial charge >= 0.3 is 0 Å². The van der Waals surface area contributed by atoms with Gasteiger partial charge in [-0.1, -0.05) is 97.3 Å². The Bertz CT molecular complexity index is 347. The van der Waals surface area contributed by atoms with Crippen LogP contribution in [0.3, 0.4) is 0 Å². The van der Waals surface area contributed by atoms with Crippen LogP contribution in [-0.4, -0.2) is 18.0 Å². The molecule has 0 spiro atoms. The number of rotatable bonds is 18. The Hall–Kier alpha value is -1.26. The van der Waals surface area contributed by atoms with Gasteiger partial charge in [0.1, 0.15) is 6.17 Å². The molecule has 0 heterocycles. The molecule has 0 aliphatic heterocycles. The first-order valence-corrected chi connectivity index (χ1v) is 11.0. The summed E-state index contributed by atoms with van der Waals surface area (Å²) in [6, 6.07) is 0. The number of nitrogens with two attached hydrogens (primary N) is 1. The van der Waals surface area contributed by atoms with Crippen molar-refractivity contribution in [3.63, 3.8) is 0 Å². The minimum absolute atomic E-state index is 0.0558. The molecule has 0 rings (SSSR count). The molecule has 0 aromatic carbocycles. The summed E-state index contributed by atoms with van der Waals surface area (Å²) in [7, 11) is 0. The first-order valence-electron chi connectivity index (χ1n) is 11.0. The molecule has 0 saturated heterocycles. The molecule has 5 heteroatoms. The van der Waals surface area contributed by atoms with Gasteiger partial charge in [0.2, 0.25) is 5.91 Å². The van der Waals surface area contributed by atoms with Crippen molar-refractivity contribution in [3.8, 4) is 0 Å². The van der Waals surface area contributed by atoms with Crippen LogP contribution in [0, 0.1) is 5.41 Å². The molecule has 0 radical (unpaired) electrons. The Balaban J connectivity index is 3.43. The van der Waals surface area contributed by atoms with Crippen molar-refractivity contribution in [3.05, 3.63) is 0 Å². The fraction of sp³-hybridized carbons (Fsp3) is 0.905. The Morgan fingerprint density at radius 2 is 1.23 bits per heavy atom. The van der Waals surface area contributed by atoms with E-state index in [1.54, 1.807) is 0 Å². The van der Waals surface area contributed by atoms with Crippen LogP contribution in [0.5, 0.6) is 0 Å². The van der Waals surface area contributed by atoms with Gasteiger partial charge in [-0.05, 0) is 12.8 Å². The van der Waals surface area contributed by atoms with Crippen LogP contribution in [0.25, 0.3) is 0 Å². The van der Waals surface area contributed by atoms with Gasteiger partial charge in [-0.3, -0.25) is 10.2 Å². The number of amides is 1. The van der Waals surface area contributed by atoms with Crippen LogP contribution in [0.1, 0.15) is 117 Å². The van der Waals surface area contributed by atoms with Crippen LogP contribution in [0.15, 0.2) is 0 Å². The smallest absolute Gasteiger partial charge is 0.221 e. The number of hydrogen-bond donors (Lipinski definition) is 4. The first kappa shape index (κ1) is 24.7. The molecular weight excluding hydrogens is 324 g/mol. The number of carbonyl (C=O) groups is 1. The minimum atomic E-state index is -0.216. The second-order valence-corrected chi connectivity index (χ2v) is 7.46. The van der Waals surface area contributed by atoms with E-state index in [1.165, 1.54) is 70.6 Å². The lowest BCUT2D eigenvalue weighted by molar-refractivity contribution is -0.122. The first-order chi connectivity index (χ1) is 12.6. The molecule has 154 valence electrons. The molecule has 0 aromatic heterocycles. The Kier molecular flexibility index (Phi) is 17.6. The minimum Gasteiger partial charge on any atom is -0.370 e. The third-order valence-corrected chi connectivity index (χ3v) is 4.75. The van der Waals surface area contributed by atoms with Crippen molar-refractivity contribution in [2.45, 2.75) is 123 Å². The van der Waals surface area contributed by atoms with Crippen molar-refractivity contribution >= 4 is 11.9 Å². The zero-order chi connectivity index (χ0) is 19.5. The van der Waals surface area contributed by atoms with Gasteiger partial charge < -0.3 is 16.4 Å². The van der Waals surface area contributed by atoms with Gasteiger partial charge in [-0.2, -0.15) is 0 Å². The number of guanidine groups is 1. The summed E-state index contributed by atoms with van der Waals surface area (Å²) in [5, 5.41) is 13.0. The fourth-order valence-corrected chi connectivity index (χ4v) is 3.23. The Morgan fingerprint density at radius 3 is 1.65 bits per heavy atom. The quantitative estimate of drug-likeness (QED) is 0.116.